The minimum absolute atomic E-state index is 0.580. The molecule has 0 aromatic heterocycles. The van der Waals surface area contributed by atoms with Crippen molar-refractivity contribution in [2.24, 2.45) is 11.8 Å². The van der Waals surface area contributed by atoms with E-state index in [2.05, 4.69) is 26.1 Å². The van der Waals surface area contributed by atoms with E-state index in [9.17, 15) is 4.48 Å². The van der Waals surface area contributed by atoms with Crippen LogP contribution in [0.2, 0.25) is 0 Å². The molecule has 1 N–H and O–H groups in total. The van der Waals surface area contributed by atoms with Gasteiger partial charge in [-0.25, -0.2) is 0 Å². The molecule has 1 heterocycles. The van der Waals surface area contributed by atoms with Crippen LogP contribution >= 0.6 is 0 Å². The second-order valence-electron chi connectivity index (χ2n) is 5.64. The molecule has 0 aliphatic carbocycles. The molecule has 1 aliphatic rings. The summed E-state index contributed by atoms with van der Waals surface area (Å²) in [7, 11) is 0. The van der Waals surface area contributed by atoms with Gasteiger partial charge in [-0.3, -0.25) is 0 Å². The largest absolute Gasteiger partial charge is 0.317 e. The Morgan fingerprint density at radius 1 is 1.22 bits per heavy atom. The van der Waals surface area contributed by atoms with Gasteiger partial charge in [-0.2, -0.15) is 0 Å². The molecule has 1 aliphatic heterocycles. The molecule has 0 saturated carbocycles. The molecule has 1 fully saturated rings. The SMILES string of the molecule is CC1CCNCC1.CCCN(F)CC[C@H](C)CC. The molecule has 0 aromatic carbocycles. The minimum atomic E-state index is 0.580. The fraction of sp³-hybridized carbons (Fsp3) is 1.00. The van der Waals surface area contributed by atoms with Gasteiger partial charge in [0.25, 0.3) is 0 Å². The van der Waals surface area contributed by atoms with E-state index in [4.69, 9.17) is 0 Å². The first-order chi connectivity index (χ1) is 8.60. The molecule has 1 rings (SSSR count). The monoisotopic (exact) mass is 260 g/mol. The van der Waals surface area contributed by atoms with Crippen molar-refractivity contribution in [3.05, 3.63) is 0 Å². The lowest BCUT2D eigenvalue weighted by atomic mass is 10.0. The Morgan fingerprint density at radius 2 is 1.83 bits per heavy atom. The zero-order valence-electron chi connectivity index (χ0n) is 12.8. The maximum absolute atomic E-state index is 12.7. The molecule has 3 heteroatoms. The van der Waals surface area contributed by atoms with Crippen molar-refractivity contribution in [1.82, 2.24) is 10.4 Å². The molecule has 1 atom stereocenters. The van der Waals surface area contributed by atoms with Gasteiger partial charge in [-0.1, -0.05) is 34.1 Å². The molecule has 0 unspecified atom stereocenters. The van der Waals surface area contributed by atoms with Crippen molar-refractivity contribution in [3.8, 4) is 0 Å². The normalized spacial score (nSPS) is 18.3. The number of hydrogen-bond donors (Lipinski definition) is 1. The summed E-state index contributed by atoms with van der Waals surface area (Å²) < 4.78 is 12.7. The zero-order chi connectivity index (χ0) is 13.8. The average Bonchev–Trinajstić information content (AvgIpc) is 2.38. The van der Waals surface area contributed by atoms with Gasteiger partial charge in [0.05, 0.1) is 0 Å². The molecule has 110 valence electrons. The van der Waals surface area contributed by atoms with Crippen molar-refractivity contribution < 1.29 is 4.48 Å². The maximum Gasteiger partial charge on any atom is 0.0293 e. The first-order valence-electron chi connectivity index (χ1n) is 7.71. The van der Waals surface area contributed by atoms with Gasteiger partial charge in [0.1, 0.15) is 0 Å². The van der Waals surface area contributed by atoms with Gasteiger partial charge in [0, 0.05) is 13.1 Å². The third kappa shape index (κ3) is 11.0. The van der Waals surface area contributed by atoms with E-state index >= 15 is 0 Å². The topological polar surface area (TPSA) is 15.3 Å². The minimum Gasteiger partial charge on any atom is -0.317 e. The van der Waals surface area contributed by atoms with E-state index in [1.165, 1.54) is 25.9 Å². The van der Waals surface area contributed by atoms with Gasteiger partial charge in [0.2, 0.25) is 0 Å². The van der Waals surface area contributed by atoms with E-state index in [-0.39, 0.29) is 0 Å². The smallest absolute Gasteiger partial charge is 0.0293 e. The fourth-order valence-electron chi connectivity index (χ4n) is 1.89. The van der Waals surface area contributed by atoms with E-state index in [0.717, 1.165) is 30.3 Å². The molecule has 0 radical (unpaired) electrons. The number of rotatable bonds is 6. The van der Waals surface area contributed by atoms with Crippen LogP contribution < -0.4 is 5.32 Å². The van der Waals surface area contributed by atoms with Crippen LogP contribution in [0.15, 0.2) is 0 Å². The summed E-state index contributed by atoms with van der Waals surface area (Å²) in [6.45, 7) is 12.3. The highest BCUT2D eigenvalue weighted by molar-refractivity contribution is 4.62. The Kier molecular flexibility index (Phi) is 11.8. The molecule has 2 nitrogen and oxygen atoms in total. The standard InChI is InChI=1S/C9H20FN.C6H13N/c1-4-7-11(10)8-6-9(3)5-2;1-6-2-4-7-5-3-6/h9H,4-8H2,1-3H3;6-7H,2-5H2,1H3/t9-;/m1./s1. The number of nitrogens with zero attached hydrogens (tertiary/aromatic N) is 1. The van der Waals surface area contributed by atoms with Crippen molar-refractivity contribution >= 4 is 0 Å². The number of nitrogens with one attached hydrogen (secondary N) is 1. The quantitative estimate of drug-likeness (QED) is 0.726. The molecule has 1 saturated heterocycles. The molecule has 18 heavy (non-hydrogen) atoms. The highest BCUT2D eigenvalue weighted by atomic mass is 19.2. The van der Waals surface area contributed by atoms with Crippen LogP contribution in [0, 0.1) is 11.8 Å². The summed E-state index contributed by atoms with van der Waals surface area (Å²) in [4.78, 5) is 0. The van der Waals surface area contributed by atoms with Crippen LogP contribution in [0.5, 0.6) is 0 Å². The van der Waals surface area contributed by atoms with Crippen molar-refractivity contribution in [1.29, 1.82) is 0 Å². The lowest BCUT2D eigenvalue weighted by Gasteiger charge is -2.17. The predicted molar refractivity (Wildman–Crippen MR) is 78.3 cm³/mol. The molecular weight excluding hydrogens is 227 g/mol. The highest BCUT2D eigenvalue weighted by Gasteiger charge is 2.05. The summed E-state index contributed by atoms with van der Waals surface area (Å²) in [6.07, 6.45) is 5.78. The molecule has 0 aromatic rings. The van der Waals surface area contributed by atoms with E-state index in [1.807, 2.05) is 6.92 Å². The second kappa shape index (κ2) is 11.9. The fourth-order valence-corrected chi connectivity index (χ4v) is 1.89. The third-order valence-electron chi connectivity index (χ3n) is 3.66. The van der Waals surface area contributed by atoms with Gasteiger partial charge < -0.3 is 5.32 Å². The molecule has 0 bridgehead atoms. The van der Waals surface area contributed by atoms with Crippen molar-refractivity contribution in [2.75, 3.05) is 26.2 Å². The van der Waals surface area contributed by atoms with Gasteiger partial charge in [-0.05, 0) is 50.6 Å². The summed E-state index contributed by atoms with van der Waals surface area (Å²) in [6, 6.07) is 0. The van der Waals surface area contributed by atoms with Crippen LogP contribution in [0.1, 0.15) is 59.8 Å². The zero-order valence-corrected chi connectivity index (χ0v) is 12.8. The average molecular weight is 260 g/mol. The van der Waals surface area contributed by atoms with Crippen LogP contribution in [0.4, 0.5) is 4.48 Å². The van der Waals surface area contributed by atoms with Crippen LogP contribution in [-0.2, 0) is 0 Å². The number of piperidine rings is 1. The lowest BCUT2D eigenvalue weighted by Crippen LogP contribution is -2.26. The van der Waals surface area contributed by atoms with Gasteiger partial charge in [-0.15, -0.1) is 9.60 Å². The Hall–Kier alpha value is -0.150. The van der Waals surface area contributed by atoms with Gasteiger partial charge in [0.15, 0.2) is 0 Å². The van der Waals surface area contributed by atoms with Crippen LogP contribution in [-0.4, -0.2) is 31.3 Å². The second-order valence-corrected chi connectivity index (χ2v) is 5.64. The third-order valence-corrected chi connectivity index (χ3v) is 3.66. The van der Waals surface area contributed by atoms with E-state index in [1.54, 1.807) is 0 Å². The van der Waals surface area contributed by atoms with Gasteiger partial charge >= 0.3 is 0 Å². The Bertz CT molecular complexity index is 170. The Balaban J connectivity index is 0.000000351. The first kappa shape index (κ1) is 17.8. The maximum atomic E-state index is 12.7. The Morgan fingerprint density at radius 3 is 2.22 bits per heavy atom. The summed E-state index contributed by atoms with van der Waals surface area (Å²) in [5.74, 6) is 1.63. The van der Waals surface area contributed by atoms with Crippen LogP contribution in [0.25, 0.3) is 0 Å². The highest BCUT2D eigenvalue weighted by Crippen LogP contribution is 2.08. The molecule has 0 spiro atoms. The van der Waals surface area contributed by atoms with Crippen molar-refractivity contribution in [2.45, 2.75) is 59.8 Å². The van der Waals surface area contributed by atoms with E-state index in [0.29, 0.717) is 19.0 Å². The van der Waals surface area contributed by atoms with Crippen molar-refractivity contribution in [3.63, 3.8) is 0 Å². The lowest BCUT2D eigenvalue weighted by molar-refractivity contribution is 0.0202. The number of halogens is 1. The number of hydrogen-bond acceptors (Lipinski definition) is 2. The predicted octanol–water partition coefficient (Wildman–Crippen LogP) is 4.03. The van der Waals surface area contributed by atoms with E-state index < -0.39 is 0 Å². The first-order valence-corrected chi connectivity index (χ1v) is 7.71. The summed E-state index contributed by atoms with van der Waals surface area (Å²) in [5, 5.41) is 4.24. The summed E-state index contributed by atoms with van der Waals surface area (Å²) in [5.41, 5.74) is 0. The Labute approximate surface area is 113 Å². The molecule has 0 amide bonds. The van der Waals surface area contributed by atoms with Crippen LogP contribution in [0.3, 0.4) is 0 Å². The molecular formula is C15H33FN2. The summed E-state index contributed by atoms with van der Waals surface area (Å²) >= 11 is 0.